The monoisotopic (exact) mass is 249 g/mol. The average Bonchev–Trinajstić information content (AvgIpc) is 2.36. The Bertz CT molecular complexity index is 141. The van der Waals surface area contributed by atoms with Gasteiger partial charge in [-0.2, -0.15) is 0 Å². The van der Waals surface area contributed by atoms with Gasteiger partial charge in [0.2, 0.25) is 0 Å². The summed E-state index contributed by atoms with van der Waals surface area (Å²) in [5.74, 6) is 0. The van der Waals surface area contributed by atoms with Crippen molar-refractivity contribution in [2.24, 2.45) is 0 Å². The highest BCUT2D eigenvalue weighted by molar-refractivity contribution is 4.57. The van der Waals surface area contributed by atoms with Crippen molar-refractivity contribution in [1.29, 1.82) is 0 Å². The predicted octanol–water partition coefficient (Wildman–Crippen LogP) is 2.07. The highest BCUT2D eigenvalue weighted by Gasteiger charge is 2.13. The number of ether oxygens (including phenoxy) is 4. The molecule has 0 saturated carbocycles. The molecule has 0 heterocycles. The van der Waals surface area contributed by atoms with E-state index in [1.165, 1.54) is 0 Å². The van der Waals surface area contributed by atoms with Crippen molar-refractivity contribution in [3.05, 3.63) is 0 Å². The van der Waals surface area contributed by atoms with Gasteiger partial charge in [-0.3, -0.25) is 5.32 Å². The third-order valence-electron chi connectivity index (χ3n) is 2.23. The fourth-order valence-corrected chi connectivity index (χ4v) is 1.20. The second-order valence-electron chi connectivity index (χ2n) is 3.52. The lowest BCUT2D eigenvalue weighted by molar-refractivity contribution is -0.142. The summed E-state index contributed by atoms with van der Waals surface area (Å²) in [5.41, 5.74) is 0. The highest BCUT2D eigenvalue weighted by atomic mass is 16.7. The van der Waals surface area contributed by atoms with Gasteiger partial charge in [-0.1, -0.05) is 13.8 Å². The minimum absolute atomic E-state index is 0.0480. The van der Waals surface area contributed by atoms with Crippen LogP contribution in [0.2, 0.25) is 0 Å². The van der Waals surface area contributed by atoms with Crippen molar-refractivity contribution in [2.75, 3.05) is 26.8 Å². The molecular formula is C12H27NO4. The molecule has 0 aliphatic heterocycles. The van der Waals surface area contributed by atoms with Crippen molar-refractivity contribution >= 4 is 0 Å². The molecule has 0 aromatic carbocycles. The van der Waals surface area contributed by atoms with Crippen LogP contribution in [0.1, 0.15) is 40.5 Å². The van der Waals surface area contributed by atoms with Gasteiger partial charge in [0, 0.05) is 13.2 Å². The molecule has 0 bridgehead atoms. The summed E-state index contributed by atoms with van der Waals surface area (Å²) in [4.78, 5) is 0. The van der Waals surface area contributed by atoms with Gasteiger partial charge < -0.3 is 18.9 Å². The molecule has 104 valence electrons. The van der Waals surface area contributed by atoms with Crippen LogP contribution in [0.3, 0.4) is 0 Å². The molecule has 0 aromatic rings. The van der Waals surface area contributed by atoms with Gasteiger partial charge in [0.15, 0.2) is 0 Å². The van der Waals surface area contributed by atoms with E-state index in [2.05, 4.69) is 19.2 Å². The second kappa shape index (κ2) is 12.3. The van der Waals surface area contributed by atoms with E-state index in [-0.39, 0.29) is 12.5 Å². The molecule has 5 heteroatoms. The lowest BCUT2D eigenvalue weighted by Gasteiger charge is -2.24. The Kier molecular flexibility index (Phi) is 12.1. The first-order valence-corrected chi connectivity index (χ1v) is 6.43. The Labute approximate surface area is 105 Å². The Morgan fingerprint density at radius 2 is 1.18 bits per heavy atom. The fourth-order valence-electron chi connectivity index (χ4n) is 1.20. The quantitative estimate of drug-likeness (QED) is 0.424. The third kappa shape index (κ3) is 9.50. The highest BCUT2D eigenvalue weighted by Crippen LogP contribution is 2.01. The molecule has 0 amide bonds. The zero-order chi connectivity index (χ0) is 12.9. The van der Waals surface area contributed by atoms with Gasteiger partial charge in [0.05, 0.1) is 0 Å². The molecule has 2 atom stereocenters. The predicted molar refractivity (Wildman–Crippen MR) is 66.4 cm³/mol. The fraction of sp³-hybridized carbons (Fsp3) is 1.00. The first-order chi connectivity index (χ1) is 8.28. The van der Waals surface area contributed by atoms with Crippen LogP contribution in [0.4, 0.5) is 0 Å². The third-order valence-corrected chi connectivity index (χ3v) is 2.23. The lowest BCUT2D eigenvalue weighted by atomic mass is 10.3. The van der Waals surface area contributed by atoms with Crippen LogP contribution < -0.4 is 5.32 Å². The summed E-state index contributed by atoms with van der Waals surface area (Å²) in [6, 6.07) is 0. The molecule has 0 aliphatic rings. The van der Waals surface area contributed by atoms with Crippen LogP contribution in [-0.4, -0.2) is 39.3 Å². The largest absolute Gasteiger partial charge is 0.356 e. The van der Waals surface area contributed by atoms with Crippen LogP contribution >= 0.6 is 0 Å². The SMILES string of the molecule is CCOCOC(CC)NC(CC)OCOCC. The van der Waals surface area contributed by atoms with E-state index in [0.717, 1.165) is 12.8 Å². The van der Waals surface area contributed by atoms with Gasteiger partial charge in [-0.25, -0.2) is 0 Å². The summed E-state index contributed by atoms with van der Waals surface area (Å²) in [5, 5.41) is 3.27. The zero-order valence-corrected chi connectivity index (χ0v) is 11.5. The van der Waals surface area contributed by atoms with E-state index in [1.54, 1.807) is 0 Å². The van der Waals surface area contributed by atoms with Gasteiger partial charge in [0.25, 0.3) is 0 Å². The minimum atomic E-state index is -0.0480. The normalized spacial score (nSPS) is 14.8. The van der Waals surface area contributed by atoms with E-state index in [0.29, 0.717) is 26.8 Å². The number of hydrogen-bond acceptors (Lipinski definition) is 5. The van der Waals surface area contributed by atoms with Crippen LogP contribution in [-0.2, 0) is 18.9 Å². The average molecular weight is 249 g/mol. The smallest absolute Gasteiger partial charge is 0.148 e. The van der Waals surface area contributed by atoms with Gasteiger partial charge in [-0.05, 0) is 26.7 Å². The maximum atomic E-state index is 5.52. The standard InChI is InChI=1S/C12H27NO4/c1-5-11(16-9-14-7-3)13-12(6-2)17-10-15-8-4/h11-13H,5-10H2,1-4H3. The molecule has 2 unspecified atom stereocenters. The van der Waals surface area contributed by atoms with E-state index in [1.807, 2.05) is 13.8 Å². The summed E-state index contributed by atoms with van der Waals surface area (Å²) in [7, 11) is 0. The summed E-state index contributed by atoms with van der Waals surface area (Å²) >= 11 is 0. The lowest BCUT2D eigenvalue weighted by Crippen LogP contribution is -2.41. The first-order valence-electron chi connectivity index (χ1n) is 6.43. The molecule has 5 nitrogen and oxygen atoms in total. The molecule has 17 heavy (non-hydrogen) atoms. The molecule has 0 fully saturated rings. The Morgan fingerprint density at radius 1 is 0.765 bits per heavy atom. The Balaban J connectivity index is 3.77. The minimum Gasteiger partial charge on any atom is -0.356 e. The molecular weight excluding hydrogens is 222 g/mol. The van der Waals surface area contributed by atoms with Crippen molar-refractivity contribution in [3.63, 3.8) is 0 Å². The summed E-state index contributed by atoms with van der Waals surface area (Å²) in [6.07, 6.45) is 1.63. The Hall–Kier alpha value is -0.200. The van der Waals surface area contributed by atoms with Gasteiger partial charge >= 0.3 is 0 Å². The molecule has 1 N–H and O–H groups in total. The number of nitrogens with one attached hydrogen (secondary N) is 1. The van der Waals surface area contributed by atoms with Crippen molar-refractivity contribution in [2.45, 2.75) is 53.0 Å². The van der Waals surface area contributed by atoms with E-state index < -0.39 is 0 Å². The van der Waals surface area contributed by atoms with E-state index in [4.69, 9.17) is 18.9 Å². The van der Waals surface area contributed by atoms with Crippen molar-refractivity contribution in [3.8, 4) is 0 Å². The molecule has 0 saturated heterocycles. The van der Waals surface area contributed by atoms with Crippen LogP contribution in [0.15, 0.2) is 0 Å². The van der Waals surface area contributed by atoms with E-state index >= 15 is 0 Å². The molecule has 0 spiro atoms. The molecule has 0 aromatic heterocycles. The van der Waals surface area contributed by atoms with Crippen LogP contribution in [0.5, 0.6) is 0 Å². The number of hydrogen-bond donors (Lipinski definition) is 1. The maximum absolute atomic E-state index is 5.52. The van der Waals surface area contributed by atoms with Gasteiger partial charge in [0.1, 0.15) is 26.0 Å². The van der Waals surface area contributed by atoms with Gasteiger partial charge in [-0.15, -0.1) is 0 Å². The van der Waals surface area contributed by atoms with Crippen molar-refractivity contribution in [1.82, 2.24) is 5.32 Å². The summed E-state index contributed by atoms with van der Waals surface area (Å²) in [6.45, 7) is 9.93. The van der Waals surface area contributed by atoms with E-state index in [9.17, 15) is 0 Å². The summed E-state index contributed by atoms with van der Waals surface area (Å²) < 4.78 is 21.3. The number of rotatable bonds is 12. The first kappa shape index (κ1) is 16.8. The topological polar surface area (TPSA) is 49.0 Å². The molecule has 0 aliphatic carbocycles. The maximum Gasteiger partial charge on any atom is 0.148 e. The molecule has 0 rings (SSSR count). The second-order valence-corrected chi connectivity index (χ2v) is 3.52. The zero-order valence-electron chi connectivity index (χ0n) is 11.5. The Morgan fingerprint density at radius 3 is 1.47 bits per heavy atom. The van der Waals surface area contributed by atoms with Crippen LogP contribution in [0, 0.1) is 0 Å². The van der Waals surface area contributed by atoms with Crippen LogP contribution in [0.25, 0.3) is 0 Å². The molecule has 0 radical (unpaired) electrons. The van der Waals surface area contributed by atoms with Crippen molar-refractivity contribution < 1.29 is 18.9 Å².